The van der Waals surface area contributed by atoms with E-state index in [2.05, 4.69) is 16.0 Å². The van der Waals surface area contributed by atoms with E-state index in [-0.39, 0.29) is 24.0 Å². The SMILES string of the molecule is C=C[C@@H]1C[C@]1(CC(=O)[C@@H]1C(C)[C@@H](O)CN1P)C(=O)NS(C)(=O)=O. The van der Waals surface area contributed by atoms with Crippen LogP contribution < -0.4 is 4.72 Å². The summed E-state index contributed by atoms with van der Waals surface area (Å²) in [7, 11) is -1.25. The molecule has 7 nitrogen and oxygen atoms in total. The van der Waals surface area contributed by atoms with Crippen LogP contribution in [-0.2, 0) is 19.6 Å². The predicted molar refractivity (Wildman–Crippen MR) is 88.7 cm³/mol. The summed E-state index contributed by atoms with van der Waals surface area (Å²) in [6, 6.07) is -0.496. The van der Waals surface area contributed by atoms with E-state index in [1.807, 2.05) is 4.72 Å². The standard InChI is InChI=1S/C14H23N2O5PS/c1-4-9-5-14(9,13(19)15-23(3,20)21)6-10(17)12-8(2)11(18)7-16(12)22/h4,8-9,11-12,18H,1,5-7,22H2,2-3H3,(H,15,19)/t8?,9-,11+,12+,14-/m1/s1. The summed E-state index contributed by atoms with van der Waals surface area (Å²) in [5.74, 6) is -1.28. The number of nitrogens with one attached hydrogen (secondary N) is 1. The molecule has 23 heavy (non-hydrogen) atoms. The maximum atomic E-state index is 12.7. The van der Waals surface area contributed by atoms with Gasteiger partial charge in [0.15, 0.2) is 5.78 Å². The Morgan fingerprint density at radius 1 is 1.52 bits per heavy atom. The van der Waals surface area contributed by atoms with Gasteiger partial charge in [-0.05, 0) is 12.3 Å². The number of hydrogen-bond donors (Lipinski definition) is 2. The molecule has 1 aliphatic carbocycles. The summed E-state index contributed by atoms with van der Waals surface area (Å²) in [6.07, 6.45) is 2.24. The fraction of sp³-hybridized carbons (Fsp3) is 0.714. The molecule has 6 atom stereocenters. The van der Waals surface area contributed by atoms with Crippen LogP contribution in [0.5, 0.6) is 0 Å². The minimum Gasteiger partial charge on any atom is -0.391 e. The zero-order valence-electron chi connectivity index (χ0n) is 13.2. The van der Waals surface area contributed by atoms with Crippen molar-refractivity contribution < 1.29 is 23.1 Å². The van der Waals surface area contributed by atoms with Crippen LogP contribution in [0.3, 0.4) is 0 Å². The summed E-state index contributed by atoms with van der Waals surface area (Å²) in [5.41, 5.74) is -1.04. The van der Waals surface area contributed by atoms with E-state index in [1.165, 1.54) is 0 Å². The Bertz CT molecular complexity index is 637. The molecule has 130 valence electrons. The smallest absolute Gasteiger partial charge is 0.240 e. The lowest BCUT2D eigenvalue weighted by atomic mass is 9.88. The Labute approximate surface area is 138 Å². The molecule has 1 saturated carbocycles. The van der Waals surface area contributed by atoms with Gasteiger partial charge in [-0.1, -0.05) is 22.4 Å². The van der Waals surface area contributed by atoms with E-state index in [1.54, 1.807) is 17.7 Å². The molecule has 2 fully saturated rings. The fourth-order valence-corrected chi connectivity index (χ4v) is 4.55. The zero-order chi connectivity index (χ0) is 17.6. The molecular formula is C14H23N2O5PS. The van der Waals surface area contributed by atoms with E-state index < -0.39 is 33.5 Å². The first-order valence-electron chi connectivity index (χ1n) is 7.38. The highest BCUT2D eigenvalue weighted by Gasteiger charge is 2.60. The first kappa shape index (κ1) is 18.5. The molecular weight excluding hydrogens is 339 g/mol. The number of Topliss-reactive ketones (excluding diaryl/α,β-unsaturated/α-hetero) is 1. The number of rotatable bonds is 6. The molecule has 0 bridgehead atoms. The number of hydrogen-bond acceptors (Lipinski definition) is 6. The quantitative estimate of drug-likeness (QED) is 0.496. The van der Waals surface area contributed by atoms with Crippen molar-refractivity contribution >= 4 is 31.1 Å². The topological polar surface area (TPSA) is 104 Å². The third-order valence-electron chi connectivity index (χ3n) is 4.83. The van der Waals surface area contributed by atoms with Gasteiger partial charge in [0.1, 0.15) is 0 Å². The number of amides is 1. The third-order valence-corrected chi connectivity index (χ3v) is 5.92. The Balaban J connectivity index is 2.16. The van der Waals surface area contributed by atoms with Gasteiger partial charge >= 0.3 is 0 Å². The average Bonchev–Trinajstić information content (AvgIpc) is 3.04. The van der Waals surface area contributed by atoms with Crippen molar-refractivity contribution in [3.8, 4) is 0 Å². The van der Waals surface area contributed by atoms with Gasteiger partial charge in [-0.15, -0.1) is 6.58 Å². The predicted octanol–water partition coefficient (Wildman–Crippen LogP) is -0.315. The lowest BCUT2D eigenvalue weighted by Crippen LogP contribution is -2.41. The lowest BCUT2D eigenvalue weighted by Gasteiger charge is -2.24. The van der Waals surface area contributed by atoms with Gasteiger partial charge in [0, 0.05) is 18.9 Å². The van der Waals surface area contributed by atoms with Crippen LogP contribution in [0.25, 0.3) is 0 Å². The monoisotopic (exact) mass is 362 g/mol. The molecule has 0 radical (unpaired) electrons. The molecule has 2 N–H and O–H groups in total. The van der Waals surface area contributed by atoms with Gasteiger partial charge in [0.05, 0.1) is 23.8 Å². The molecule has 0 spiro atoms. The molecule has 1 aliphatic heterocycles. The third kappa shape index (κ3) is 3.65. The number of β-amino-alcohol motifs (C(OH)–C–C–N with tert-alkyl or cyclic N) is 1. The largest absolute Gasteiger partial charge is 0.391 e. The van der Waals surface area contributed by atoms with E-state index in [0.717, 1.165) is 6.26 Å². The molecule has 0 aromatic heterocycles. The maximum Gasteiger partial charge on any atom is 0.240 e. The molecule has 2 aliphatic rings. The van der Waals surface area contributed by atoms with Gasteiger partial charge in [-0.25, -0.2) is 8.42 Å². The first-order chi connectivity index (χ1) is 10.5. The summed E-state index contributed by atoms with van der Waals surface area (Å²) < 4.78 is 26.3. The Hall–Kier alpha value is -0.820. The van der Waals surface area contributed by atoms with E-state index in [4.69, 9.17) is 0 Å². The Morgan fingerprint density at radius 3 is 2.52 bits per heavy atom. The summed E-state index contributed by atoms with van der Waals surface area (Å²) in [4.78, 5) is 25.0. The van der Waals surface area contributed by atoms with Crippen molar-refractivity contribution in [1.82, 2.24) is 9.39 Å². The molecule has 1 heterocycles. The number of aliphatic hydroxyl groups excluding tert-OH is 1. The van der Waals surface area contributed by atoms with Crippen molar-refractivity contribution in [3.05, 3.63) is 12.7 Å². The van der Waals surface area contributed by atoms with Crippen LogP contribution in [0.15, 0.2) is 12.7 Å². The van der Waals surface area contributed by atoms with E-state index >= 15 is 0 Å². The minimum absolute atomic E-state index is 0.0579. The van der Waals surface area contributed by atoms with Gasteiger partial charge in [0.2, 0.25) is 15.9 Å². The van der Waals surface area contributed by atoms with Gasteiger partial charge in [-0.2, -0.15) is 0 Å². The highest BCUT2D eigenvalue weighted by molar-refractivity contribution is 7.89. The second-order valence-electron chi connectivity index (χ2n) is 6.62. The minimum atomic E-state index is -3.68. The van der Waals surface area contributed by atoms with Gasteiger partial charge < -0.3 is 5.11 Å². The molecule has 2 unspecified atom stereocenters. The Kier molecular flexibility index (Phi) is 5.02. The number of allylic oxidation sites excluding steroid dienone is 1. The molecule has 0 aromatic rings. The number of ketones is 1. The first-order valence-corrected chi connectivity index (χ1v) is 9.79. The van der Waals surface area contributed by atoms with Gasteiger partial charge in [0.25, 0.3) is 0 Å². The molecule has 1 saturated heterocycles. The van der Waals surface area contributed by atoms with Crippen LogP contribution in [0.1, 0.15) is 19.8 Å². The lowest BCUT2D eigenvalue weighted by molar-refractivity contribution is -0.131. The normalized spacial score (nSPS) is 37.4. The highest BCUT2D eigenvalue weighted by atomic mass is 32.2. The van der Waals surface area contributed by atoms with Crippen LogP contribution >= 0.6 is 9.39 Å². The average molecular weight is 362 g/mol. The molecule has 1 amide bonds. The van der Waals surface area contributed by atoms with Crippen molar-refractivity contribution in [2.24, 2.45) is 17.3 Å². The zero-order valence-corrected chi connectivity index (χ0v) is 15.2. The number of carbonyl (C=O) groups excluding carboxylic acids is 2. The molecule has 0 aromatic carbocycles. The van der Waals surface area contributed by atoms with Crippen LogP contribution in [0, 0.1) is 17.3 Å². The number of sulfonamides is 1. The van der Waals surface area contributed by atoms with Crippen molar-refractivity contribution in [3.63, 3.8) is 0 Å². The molecule has 2 rings (SSSR count). The van der Waals surface area contributed by atoms with Gasteiger partial charge in [-0.3, -0.25) is 19.0 Å². The summed E-state index contributed by atoms with van der Waals surface area (Å²) in [5, 5.41) is 9.88. The number of carbonyl (C=O) groups is 2. The van der Waals surface area contributed by atoms with Crippen LogP contribution in [-0.4, -0.2) is 54.8 Å². The second-order valence-corrected chi connectivity index (χ2v) is 9.03. The number of aliphatic hydroxyl groups is 1. The summed E-state index contributed by atoms with van der Waals surface area (Å²) in [6.45, 7) is 5.81. The van der Waals surface area contributed by atoms with Crippen molar-refractivity contribution in [2.45, 2.75) is 31.9 Å². The highest BCUT2D eigenvalue weighted by Crippen LogP contribution is 2.57. The van der Waals surface area contributed by atoms with Crippen molar-refractivity contribution in [2.75, 3.05) is 12.8 Å². The Morgan fingerprint density at radius 2 is 2.13 bits per heavy atom. The second kappa shape index (κ2) is 6.24. The fourth-order valence-electron chi connectivity index (χ4n) is 3.36. The van der Waals surface area contributed by atoms with E-state index in [9.17, 15) is 23.1 Å². The number of nitrogens with zero attached hydrogens (tertiary/aromatic N) is 1. The molecule has 9 heteroatoms. The van der Waals surface area contributed by atoms with Crippen LogP contribution in [0.4, 0.5) is 0 Å². The maximum absolute atomic E-state index is 12.7. The summed E-state index contributed by atoms with van der Waals surface area (Å²) >= 11 is 0. The van der Waals surface area contributed by atoms with Crippen molar-refractivity contribution in [1.29, 1.82) is 0 Å². The van der Waals surface area contributed by atoms with E-state index in [0.29, 0.717) is 13.0 Å². The van der Waals surface area contributed by atoms with Crippen LogP contribution in [0.2, 0.25) is 0 Å².